The van der Waals surface area contributed by atoms with E-state index in [0.717, 1.165) is 26.2 Å². The molecular formula is C45H80N8O12+4. The van der Waals surface area contributed by atoms with Crippen molar-refractivity contribution in [3.05, 3.63) is 74.9 Å². The Hall–Kier alpha value is -3.64. The van der Waals surface area contributed by atoms with Crippen LogP contribution in [0.3, 0.4) is 0 Å². The summed E-state index contributed by atoms with van der Waals surface area (Å²) in [4.78, 5) is 0. The van der Waals surface area contributed by atoms with E-state index < -0.39 is 5.41 Å². The van der Waals surface area contributed by atoms with E-state index >= 15 is 0 Å². The lowest BCUT2D eigenvalue weighted by Crippen LogP contribution is -2.43. The smallest absolute Gasteiger partial charge is 0.243 e. The fourth-order valence-electron chi connectivity index (χ4n) is 6.38. The van der Waals surface area contributed by atoms with Crippen LogP contribution in [-0.4, -0.2) is 177 Å². The molecule has 20 nitrogen and oxygen atoms in total. The zero-order valence-electron chi connectivity index (χ0n) is 39.7. The first-order valence-electron chi connectivity index (χ1n) is 22.9. The fraction of sp³-hybridized carbons (Fsp3) is 0.733. The summed E-state index contributed by atoms with van der Waals surface area (Å²) in [6.45, 7) is 14.2. The molecule has 0 saturated carbocycles. The second-order valence-electron chi connectivity index (χ2n) is 15.9. The van der Waals surface area contributed by atoms with Gasteiger partial charge in [-0.2, -0.15) is 0 Å². The summed E-state index contributed by atoms with van der Waals surface area (Å²) in [5, 5.41) is 0. The zero-order valence-corrected chi connectivity index (χ0v) is 39.7. The summed E-state index contributed by atoms with van der Waals surface area (Å²) in [5.41, 5.74) is -0.618. The molecular weight excluding hydrogens is 845 g/mol. The summed E-state index contributed by atoms with van der Waals surface area (Å²) in [6, 6.07) is 0. The molecule has 4 aromatic rings. The second-order valence-corrected chi connectivity index (χ2v) is 15.9. The minimum absolute atomic E-state index is 0.331. The number of imidazole rings is 4. The number of nitrogens with zero attached hydrogens (tertiary/aromatic N) is 8. The third kappa shape index (κ3) is 26.3. The summed E-state index contributed by atoms with van der Waals surface area (Å²) < 4.78 is 87.5. The standard InChI is InChI=1S/C45H80N8O12/c1-46-5-9-50(41-46)13-17-54-21-25-58-29-33-62-37-45(38-63-34-30-59-26-22-55-18-14-51-10-6-47(2)42-51,39-64-35-31-60-27-23-56-19-15-52-11-7-48(3)43-52)40-65-36-32-61-28-24-57-20-16-53-12-8-49(4)44-53/h5-12,41-44H,13-40H2,1-4H3/q+4. The maximum Gasteiger partial charge on any atom is 0.243 e. The Balaban J connectivity index is 1.17. The summed E-state index contributed by atoms with van der Waals surface area (Å²) in [6.07, 6.45) is 24.2. The Labute approximate surface area is 385 Å². The number of rotatable bonds is 44. The van der Waals surface area contributed by atoms with Gasteiger partial charge < -0.3 is 56.8 Å². The topological polar surface area (TPSA) is 146 Å². The minimum Gasteiger partial charge on any atom is -0.378 e. The molecule has 0 unspecified atom stereocenters. The highest BCUT2D eigenvalue weighted by atomic mass is 16.6. The molecule has 0 aromatic carbocycles. The molecule has 0 bridgehead atoms. The molecule has 65 heavy (non-hydrogen) atoms. The van der Waals surface area contributed by atoms with E-state index in [2.05, 4.69) is 18.3 Å². The molecule has 0 aliphatic rings. The van der Waals surface area contributed by atoms with E-state index in [9.17, 15) is 0 Å². The monoisotopic (exact) mass is 925 g/mol. The van der Waals surface area contributed by atoms with Crippen molar-refractivity contribution in [1.29, 1.82) is 0 Å². The Morgan fingerprint density at radius 3 is 0.646 bits per heavy atom. The lowest BCUT2D eigenvalue weighted by molar-refractivity contribution is -0.671. The molecule has 0 spiro atoms. The van der Waals surface area contributed by atoms with Gasteiger partial charge in [-0.05, 0) is 0 Å². The van der Waals surface area contributed by atoms with Crippen molar-refractivity contribution in [2.45, 2.75) is 26.2 Å². The van der Waals surface area contributed by atoms with Crippen LogP contribution in [0.1, 0.15) is 0 Å². The lowest BCUT2D eigenvalue weighted by Gasteiger charge is -2.33. The van der Waals surface area contributed by atoms with Gasteiger partial charge in [-0.15, -0.1) is 0 Å². The first-order valence-corrected chi connectivity index (χ1v) is 22.9. The van der Waals surface area contributed by atoms with E-state index in [-0.39, 0.29) is 0 Å². The molecule has 0 radical (unpaired) electrons. The van der Waals surface area contributed by atoms with E-state index in [0.29, 0.717) is 159 Å². The van der Waals surface area contributed by atoms with Crippen LogP contribution in [0.4, 0.5) is 0 Å². The molecule has 0 aliphatic heterocycles. The van der Waals surface area contributed by atoms with Gasteiger partial charge >= 0.3 is 0 Å². The molecule has 4 rings (SSSR count). The van der Waals surface area contributed by atoms with Crippen LogP contribution in [0.2, 0.25) is 0 Å². The number of aromatic nitrogens is 8. The number of hydrogen-bond donors (Lipinski definition) is 0. The number of hydrogen-bond acceptors (Lipinski definition) is 12. The first-order chi connectivity index (χ1) is 31.9. The summed E-state index contributed by atoms with van der Waals surface area (Å²) >= 11 is 0. The van der Waals surface area contributed by atoms with Crippen molar-refractivity contribution in [2.24, 2.45) is 33.6 Å². The third-order valence-electron chi connectivity index (χ3n) is 9.88. The van der Waals surface area contributed by atoms with Gasteiger partial charge in [0.25, 0.3) is 0 Å². The summed E-state index contributed by atoms with van der Waals surface area (Å²) in [7, 11) is 7.99. The highest BCUT2D eigenvalue weighted by molar-refractivity contribution is 4.80. The predicted molar refractivity (Wildman–Crippen MR) is 235 cm³/mol. The van der Waals surface area contributed by atoms with Gasteiger partial charge in [0.1, 0.15) is 75.8 Å². The third-order valence-corrected chi connectivity index (χ3v) is 9.88. The average molecular weight is 925 g/mol. The molecule has 0 saturated heterocycles. The van der Waals surface area contributed by atoms with Crippen molar-refractivity contribution in [3.63, 3.8) is 0 Å². The number of ether oxygens (including phenoxy) is 12. The maximum absolute atomic E-state index is 6.22. The Morgan fingerprint density at radius 1 is 0.277 bits per heavy atom. The summed E-state index contributed by atoms with van der Waals surface area (Å²) in [5.74, 6) is 0. The highest BCUT2D eigenvalue weighted by Gasteiger charge is 2.32. The van der Waals surface area contributed by atoms with Gasteiger partial charge in [-0.3, -0.25) is 0 Å². The predicted octanol–water partition coefficient (Wildman–Crippen LogP) is -0.523. The second kappa shape index (κ2) is 34.6. The van der Waals surface area contributed by atoms with Gasteiger partial charge in [0.15, 0.2) is 0 Å². The van der Waals surface area contributed by atoms with E-state index in [1.807, 2.05) is 121 Å². The molecule has 368 valence electrons. The van der Waals surface area contributed by atoms with Crippen LogP contribution in [-0.2, 0) is 111 Å². The quantitative estimate of drug-likeness (QED) is 0.0416. The molecule has 0 aliphatic carbocycles. The lowest BCUT2D eigenvalue weighted by atomic mass is 9.92. The molecule has 0 N–H and O–H groups in total. The fourth-order valence-corrected chi connectivity index (χ4v) is 6.38. The van der Waals surface area contributed by atoms with Crippen molar-refractivity contribution in [1.82, 2.24) is 18.3 Å². The van der Waals surface area contributed by atoms with Crippen LogP contribution in [0.5, 0.6) is 0 Å². The van der Waals surface area contributed by atoms with Crippen LogP contribution >= 0.6 is 0 Å². The van der Waals surface area contributed by atoms with E-state index in [4.69, 9.17) is 56.8 Å². The molecule has 0 amide bonds. The Morgan fingerprint density at radius 2 is 0.462 bits per heavy atom. The van der Waals surface area contributed by atoms with Crippen LogP contribution in [0.25, 0.3) is 0 Å². The zero-order chi connectivity index (χ0) is 45.9. The first kappa shape index (κ1) is 54.0. The average Bonchev–Trinajstić information content (AvgIpc) is 4.12. The van der Waals surface area contributed by atoms with Gasteiger partial charge in [-0.1, -0.05) is 0 Å². The van der Waals surface area contributed by atoms with Gasteiger partial charge in [0, 0.05) is 0 Å². The van der Waals surface area contributed by atoms with E-state index in [1.54, 1.807) is 0 Å². The molecule has 0 fully saturated rings. The largest absolute Gasteiger partial charge is 0.378 e. The van der Waals surface area contributed by atoms with Crippen LogP contribution < -0.4 is 18.3 Å². The van der Waals surface area contributed by atoms with Crippen molar-refractivity contribution < 1.29 is 75.1 Å². The molecule has 0 atom stereocenters. The maximum atomic E-state index is 6.22. The highest BCUT2D eigenvalue weighted by Crippen LogP contribution is 2.21. The van der Waals surface area contributed by atoms with Crippen molar-refractivity contribution in [2.75, 3.05) is 159 Å². The van der Waals surface area contributed by atoms with Crippen LogP contribution in [0.15, 0.2) is 74.9 Å². The van der Waals surface area contributed by atoms with Gasteiger partial charge in [0.05, 0.1) is 192 Å². The Kier molecular flexibility index (Phi) is 28.8. The van der Waals surface area contributed by atoms with Crippen LogP contribution in [0, 0.1) is 5.41 Å². The molecule has 20 heteroatoms. The molecule has 4 heterocycles. The van der Waals surface area contributed by atoms with Crippen molar-refractivity contribution in [3.8, 4) is 0 Å². The van der Waals surface area contributed by atoms with Gasteiger partial charge in [0.2, 0.25) is 25.3 Å². The molecule has 4 aromatic heterocycles. The van der Waals surface area contributed by atoms with Crippen molar-refractivity contribution >= 4 is 0 Å². The van der Waals surface area contributed by atoms with E-state index in [1.165, 1.54) is 0 Å². The van der Waals surface area contributed by atoms with Gasteiger partial charge in [-0.25, -0.2) is 36.5 Å². The minimum atomic E-state index is -0.618. The SMILES string of the molecule is C[n+]1ccn(CCOCCOCCOCC(COCCOCCOCCn2cc[n+](C)c2)(COCCOCCOCCn2cc[n+](C)c2)COCCOCCOCCn2cc[n+](C)c2)c1. The normalized spacial score (nSPS) is 12.0. The number of aryl methyl sites for hydroxylation is 4. The Bertz CT molecular complexity index is 1470.